The molecule has 2 rings (SSSR count). The van der Waals surface area contributed by atoms with Gasteiger partial charge in [0.25, 0.3) is 0 Å². The first-order valence-corrected chi connectivity index (χ1v) is 5.59. The third kappa shape index (κ3) is 1.58. The molecule has 0 fully saturated rings. The monoisotopic (exact) mass is 308 g/mol. The van der Waals surface area contributed by atoms with Crippen LogP contribution in [0.4, 0.5) is 4.39 Å². The average molecular weight is 308 g/mol. The van der Waals surface area contributed by atoms with E-state index in [1.54, 1.807) is 0 Å². The second kappa shape index (κ2) is 3.51. The summed E-state index contributed by atoms with van der Waals surface area (Å²) in [7, 11) is 0. The summed E-state index contributed by atoms with van der Waals surface area (Å²) >= 11 is 3.29. The lowest BCUT2D eigenvalue weighted by Gasteiger charge is -1.99. The summed E-state index contributed by atoms with van der Waals surface area (Å²) in [5.74, 6) is 0. The fourth-order valence-electron chi connectivity index (χ4n) is 1.25. The van der Waals surface area contributed by atoms with Gasteiger partial charge in [-0.1, -0.05) is 6.07 Å². The smallest absolute Gasteiger partial charge is 0.177 e. The molecular formula is C9H6FIOS. The summed E-state index contributed by atoms with van der Waals surface area (Å²) in [6, 6.07) is 5.20. The van der Waals surface area contributed by atoms with Crippen LogP contribution in [0.2, 0.25) is 0 Å². The van der Waals surface area contributed by atoms with Crippen molar-refractivity contribution in [3.63, 3.8) is 0 Å². The zero-order valence-corrected chi connectivity index (χ0v) is 9.52. The summed E-state index contributed by atoms with van der Waals surface area (Å²) in [6.45, 7) is -0.0381. The van der Waals surface area contributed by atoms with Crippen LogP contribution in [0.3, 0.4) is 0 Å². The van der Waals surface area contributed by atoms with Crippen molar-refractivity contribution in [2.45, 2.75) is 6.61 Å². The van der Waals surface area contributed by atoms with E-state index in [9.17, 15) is 4.39 Å². The van der Waals surface area contributed by atoms with Crippen molar-refractivity contribution >= 4 is 44.0 Å². The van der Waals surface area contributed by atoms with Crippen LogP contribution >= 0.6 is 33.9 Å². The Balaban J connectivity index is 2.83. The maximum Gasteiger partial charge on any atom is 0.177 e. The molecule has 13 heavy (non-hydrogen) atoms. The largest absolute Gasteiger partial charge is 0.392 e. The average Bonchev–Trinajstić information content (AvgIpc) is 2.48. The van der Waals surface area contributed by atoms with Crippen LogP contribution in [-0.2, 0) is 6.61 Å². The van der Waals surface area contributed by atoms with Gasteiger partial charge in [0.2, 0.25) is 0 Å². The molecule has 0 spiro atoms. The van der Waals surface area contributed by atoms with Crippen LogP contribution < -0.4 is 0 Å². The molecule has 1 aromatic heterocycles. The number of aliphatic hydroxyl groups is 1. The Morgan fingerprint density at radius 1 is 1.46 bits per heavy atom. The first kappa shape index (κ1) is 9.36. The number of hydrogen-bond acceptors (Lipinski definition) is 2. The quantitative estimate of drug-likeness (QED) is 0.803. The highest BCUT2D eigenvalue weighted by molar-refractivity contribution is 14.1. The number of fused-ring (bicyclic) bond motifs is 1. The molecule has 0 unspecified atom stereocenters. The van der Waals surface area contributed by atoms with Gasteiger partial charge in [0.15, 0.2) is 5.13 Å². The lowest BCUT2D eigenvalue weighted by molar-refractivity contribution is 0.283. The summed E-state index contributed by atoms with van der Waals surface area (Å²) in [5, 5.41) is 9.65. The van der Waals surface area contributed by atoms with Crippen LogP contribution in [0, 0.1) is 8.70 Å². The minimum Gasteiger partial charge on any atom is -0.392 e. The lowest BCUT2D eigenvalue weighted by Crippen LogP contribution is -1.83. The molecule has 1 heterocycles. The van der Waals surface area contributed by atoms with E-state index in [2.05, 4.69) is 22.6 Å². The first-order valence-electron chi connectivity index (χ1n) is 3.69. The molecule has 0 amide bonds. The van der Waals surface area contributed by atoms with Gasteiger partial charge in [-0.05, 0) is 40.3 Å². The van der Waals surface area contributed by atoms with Gasteiger partial charge < -0.3 is 5.11 Å². The van der Waals surface area contributed by atoms with E-state index in [1.165, 1.54) is 6.07 Å². The molecule has 0 atom stereocenters. The van der Waals surface area contributed by atoms with Crippen molar-refractivity contribution in [2.75, 3.05) is 0 Å². The molecule has 4 heteroatoms. The normalized spacial score (nSPS) is 11.0. The Morgan fingerprint density at radius 2 is 2.23 bits per heavy atom. The number of halogens is 2. The molecular weight excluding hydrogens is 302 g/mol. The Morgan fingerprint density at radius 3 is 2.92 bits per heavy atom. The summed E-state index contributed by atoms with van der Waals surface area (Å²) < 4.78 is 14.9. The molecule has 0 radical (unpaired) electrons. The van der Waals surface area contributed by atoms with Crippen LogP contribution in [-0.4, -0.2) is 5.11 Å². The van der Waals surface area contributed by atoms with Crippen LogP contribution in [0.15, 0.2) is 18.2 Å². The summed E-state index contributed by atoms with van der Waals surface area (Å²) in [4.78, 5) is 0. The minimum absolute atomic E-state index is 0.0381. The van der Waals surface area contributed by atoms with Crippen molar-refractivity contribution in [3.05, 3.63) is 32.5 Å². The molecule has 0 aliphatic carbocycles. The number of hydrogen-bond donors (Lipinski definition) is 1. The first-order chi connectivity index (χ1) is 6.22. The molecule has 1 N–H and O–H groups in total. The highest BCUT2D eigenvalue weighted by Crippen LogP contribution is 2.31. The maximum atomic E-state index is 13.0. The van der Waals surface area contributed by atoms with E-state index in [0.29, 0.717) is 0 Å². The van der Waals surface area contributed by atoms with E-state index in [-0.39, 0.29) is 11.7 Å². The van der Waals surface area contributed by atoms with E-state index >= 15 is 0 Å². The lowest BCUT2D eigenvalue weighted by atomic mass is 10.1. The van der Waals surface area contributed by atoms with Gasteiger partial charge in [-0.15, -0.1) is 11.3 Å². The number of rotatable bonds is 1. The van der Waals surface area contributed by atoms with Crippen molar-refractivity contribution in [1.29, 1.82) is 0 Å². The third-order valence-electron chi connectivity index (χ3n) is 1.87. The van der Waals surface area contributed by atoms with E-state index < -0.39 is 0 Å². The van der Waals surface area contributed by atoms with Crippen LogP contribution in [0.25, 0.3) is 10.1 Å². The molecule has 0 bridgehead atoms. The SMILES string of the molecule is OCc1ccc(I)c2sc(F)cc12. The molecule has 0 saturated heterocycles. The standard InChI is InChI=1S/C9H6FIOS/c10-8-3-6-5(4-12)1-2-7(11)9(6)13-8/h1-3,12H,4H2. The van der Waals surface area contributed by atoms with Gasteiger partial charge in [-0.25, -0.2) is 0 Å². The van der Waals surface area contributed by atoms with Gasteiger partial charge in [0.1, 0.15) is 0 Å². The minimum atomic E-state index is -0.200. The number of thiophene rings is 1. The summed E-state index contributed by atoms with van der Waals surface area (Å²) in [6.07, 6.45) is 0. The summed E-state index contributed by atoms with van der Waals surface area (Å²) in [5.41, 5.74) is 0.788. The highest BCUT2D eigenvalue weighted by atomic mass is 127. The van der Waals surface area contributed by atoms with E-state index in [1.807, 2.05) is 12.1 Å². The highest BCUT2D eigenvalue weighted by Gasteiger charge is 2.08. The van der Waals surface area contributed by atoms with Gasteiger partial charge in [-0.3, -0.25) is 0 Å². The fraction of sp³-hybridized carbons (Fsp3) is 0.111. The van der Waals surface area contributed by atoms with Crippen molar-refractivity contribution < 1.29 is 9.50 Å². The third-order valence-corrected chi connectivity index (χ3v) is 4.09. The van der Waals surface area contributed by atoms with E-state index in [0.717, 1.165) is 30.6 Å². The molecule has 68 valence electrons. The Labute approximate surface area is 92.3 Å². The molecule has 0 aliphatic rings. The van der Waals surface area contributed by atoms with Gasteiger partial charge in [-0.2, -0.15) is 4.39 Å². The number of benzene rings is 1. The Hall–Kier alpha value is -0.200. The molecule has 0 saturated carbocycles. The Kier molecular flexibility index (Phi) is 2.53. The van der Waals surface area contributed by atoms with Crippen LogP contribution in [0.5, 0.6) is 0 Å². The number of aliphatic hydroxyl groups excluding tert-OH is 1. The molecule has 1 aromatic carbocycles. The van der Waals surface area contributed by atoms with Crippen molar-refractivity contribution in [1.82, 2.24) is 0 Å². The Bertz CT molecular complexity index is 452. The second-order valence-electron chi connectivity index (χ2n) is 2.66. The zero-order chi connectivity index (χ0) is 9.42. The fourth-order valence-corrected chi connectivity index (χ4v) is 2.89. The topological polar surface area (TPSA) is 20.2 Å². The zero-order valence-electron chi connectivity index (χ0n) is 6.55. The van der Waals surface area contributed by atoms with Gasteiger partial charge >= 0.3 is 0 Å². The van der Waals surface area contributed by atoms with Crippen molar-refractivity contribution in [3.8, 4) is 0 Å². The van der Waals surface area contributed by atoms with E-state index in [4.69, 9.17) is 5.11 Å². The predicted octanol–water partition coefficient (Wildman–Crippen LogP) is 3.14. The van der Waals surface area contributed by atoms with Gasteiger partial charge in [0, 0.05) is 8.96 Å². The molecule has 2 aromatic rings. The van der Waals surface area contributed by atoms with Crippen LogP contribution in [0.1, 0.15) is 5.56 Å². The van der Waals surface area contributed by atoms with Crippen molar-refractivity contribution in [2.24, 2.45) is 0 Å². The maximum absolute atomic E-state index is 13.0. The predicted molar refractivity (Wildman–Crippen MR) is 60.4 cm³/mol. The van der Waals surface area contributed by atoms with Gasteiger partial charge in [0.05, 0.1) is 11.3 Å². The molecule has 0 aliphatic heterocycles. The second-order valence-corrected chi connectivity index (χ2v) is 4.82. The molecule has 1 nitrogen and oxygen atoms in total.